The van der Waals surface area contributed by atoms with Crippen LogP contribution in [0.2, 0.25) is 0 Å². The predicted octanol–water partition coefficient (Wildman–Crippen LogP) is 4.31. The van der Waals surface area contributed by atoms with Crippen molar-refractivity contribution in [2.75, 3.05) is 19.1 Å². The van der Waals surface area contributed by atoms with Gasteiger partial charge < -0.3 is 14.9 Å². The summed E-state index contributed by atoms with van der Waals surface area (Å²) >= 11 is 8.95. The summed E-state index contributed by atoms with van der Waals surface area (Å²) in [5.74, 6) is 2.09. The SMILES string of the molecule is CCCOc1cc(Br)c(CNn2c(-c3ccncc3)n[nH]c2=S)cc1OC. The lowest BCUT2D eigenvalue weighted by atomic mass is 10.2. The number of aromatic nitrogens is 4. The van der Waals surface area contributed by atoms with Gasteiger partial charge in [0.05, 0.1) is 20.3 Å². The van der Waals surface area contributed by atoms with E-state index in [-0.39, 0.29) is 0 Å². The fourth-order valence-electron chi connectivity index (χ4n) is 2.50. The Bertz CT molecular complexity index is 958. The molecule has 3 rings (SSSR count). The molecule has 0 aliphatic rings. The smallest absolute Gasteiger partial charge is 0.214 e. The van der Waals surface area contributed by atoms with Crippen LogP contribution < -0.4 is 14.9 Å². The molecule has 7 nitrogen and oxygen atoms in total. The van der Waals surface area contributed by atoms with E-state index in [1.165, 1.54) is 0 Å². The van der Waals surface area contributed by atoms with Gasteiger partial charge in [0.1, 0.15) is 0 Å². The Morgan fingerprint density at radius 2 is 2.04 bits per heavy atom. The van der Waals surface area contributed by atoms with Crippen LogP contribution >= 0.6 is 28.1 Å². The van der Waals surface area contributed by atoms with E-state index in [0.717, 1.165) is 22.0 Å². The van der Waals surface area contributed by atoms with Crippen LogP contribution in [0.1, 0.15) is 18.9 Å². The van der Waals surface area contributed by atoms with Crippen LogP contribution in [0.3, 0.4) is 0 Å². The number of methoxy groups -OCH3 is 1. The van der Waals surface area contributed by atoms with Crippen molar-refractivity contribution >= 4 is 28.1 Å². The molecule has 1 aromatic carbocycles. The van der Waals surface area contributed by atoms with E-state index in [1.807, 2.05) is 24.3 Å². The van der Waals surface area contributed by atoms with Crippen LogP contribution in [-0.2, 0) is 6.54 Å². The number of hydrogen-bond acceptors (Lipinski definition) is 6. The minimum atomic E-state index is 0.479. The molecule has 0 unspecified atom stereocenters. The molecule has 0 aliphatic heterocycles. The highest BCUT2D eigenvalue weighted by Crippen LogP contribution is 2.33. The predicted molar refractivity (Wildman–Crippen MR) is 110 cm³/mol. The first-order valence-electron chi connectivity index (χ1n) is 8.45. The minimum absolute atomic E-state index is 0.479. The van der Waals surface area contributed by atoms with E-state index in [0.29, 0.717) is 35.2 Å². The maximum Gasteiger partial charge on any atom is 0.214 e. The highest BCUT2D eigenvalue weighted by molar-refractivity contribution is 9.10. The van der Waals surface area contributed by atoms with Gasteiger partial charge in [-0.2, -0.15) is 5.10 Å². The number of pyridine rings is 1. The van der Waals surface area contributed by atoms with Crippen molar-refractivity contribution in [3.05, 3.63) is 51.5 Å². The molecule has 0 radical (unpaired) electrons. The first-order valence-corrected chi connectivity index (χ1v) is 9.65. The van der Waals surface area contributed by atoms with Gasteiger partial charge in [0.15, 0.2) is 17.3 Å². The third kappa shape index (κ3) is 4.48. The molecule has 0 bridgehead atoms. The molecule has 0 atom stereocenters. The molecule has 0 amide bonds. The Morgan fingerprint density at radius 3 is 2.74 bits per heavy atom. The molecule has 0 saturated heterocycles. The summed E-state index contributed by atoms with van der Waals surface area (Å²) in [5.41, 5.74) is 5.21. The molecule has 0 spiro atoms. The van der Waals surface area contributed by atoms with Crippen LogP contribution in [0.5, 0.6) is 11.5 Å². The summed E-state index contributed by atoms with van der Waals surface area (Å²) in [6, 6.07) is 7.62. The molecule has 0 fully saturated rings. The summed E-state index contributed by atoms with van der Waals surface area (Å²) < 4.78 is 14.3. The van der Waals surface area contributed by atoms with E-state index in [4.69, 9.17) is 21.7 Å². The molecule has 142 valence electrons. The summed E-state index contributed by atoms with van der Waals surface area (Å²) in [5, 5.41) is 7.12. The van der Waals surface area contributed by atoms with E-state index < -0.39 is 0 Å². The lowest BCUT2D eigenvalue weighted by Crippen LogP contribution is -2.16. The first kappa shape index (κ1) is 19.4. The Morgan fingerprint density at radius 1 is 1.26 bits per heavy atom. The second kappa shape index (κ2) is 9.01. The fraction of sp³-hybridized carbons (Fsp3) is 0.278. The quantitative estimate of drug-likeness (QED) is 0.499. The zero-order chi connectivity index (χ0) is 19.2. The molecular formula is C18H20BrN5O2S. The van der Waals surface area contributed by atoms with Crippen LogP contribution in [0.15, 0.2) is 41.1 Å². The van der Waals surface area contributed by atoms with Crippen LogP contribution in [0.4, 0.5) is 0 Å². The molecule has 3 aromatic rings. The average molecular weight is 450 g/mol. The largest absolute Gasteiger partial charge is 0.493 e. The number of H-pyrrole nitrogens is 1. The summed E-state index contributed by atoms with van der Waals surface area (Å²) in [4.78, 5) is 4.04. The number of halogens is 1. The third-order valence-electron chi connectivity index (χ3n) is 3.83. The lowest BCUT2D eigenvalue weighted by molar-refractivity contribution is 0.294. The van der Waals surface area contributed by atoms with Gasteiger partial charge in [-0.1, -0.05) is 22.9 Å². The maximum atomic E-state index is 5.74. The average Bonchev–Trinajstić information content (AvgIpc) is 3.06. The monoisotopic (exact) mass is 449 g/mol. The standard InChI is InChI=1S/C18H20BrN5O2S/c1-3-8-26-16-10-14(19)13(9-15(16)25-2)11-21-24-17(22-23-18(24)27)12-4-6-20-7-5-12/h4-7,9-10,21H,3,8,11H2,1-2H3,(H,23,27). The number of nitrogens with zero attached hydrogens (tertiary/aromatic N) is 3. The van der Waals surface area contributed by atoms with Gasteiger partial charge in [-0.25, -0.2) is 9.77 Å². The second-order valence-corrected chi connectivity index (χ2v) is 6.94. The third-order valence-corrected chi connectivity index (χ3v) is 4.84. The second-order valence-electron chi connectivity index (χ2n) is 5.70. The summed E-state index contributed by atoms with van der Waals surface area (Å²) in [6.07, 6.45) is 4.36. The van der Waals surface area contributed by atoms with Gasteiger partial charge in [0.2, 0.25) is 4.77 Å². The molecular weight excluding hydrogens is 430 g/mol. The number of aromatic amines is 1. The molecule has 2 N–H and O–H groups in total. The normalized spacial score (nSPS) is 10.6. The Labute approximate surface area is 170 Å². The van der Waals surface area contributed by atoms with Gasteiger partial charge in [-0.15, -0.1) is 0 Å². The van der Waals surface area contributed by atoms with Crippen molar-refractivity contribution in [3.63, 3.8) is 0 Å². The van der Waals surface area contributed by atoms with Crippen molar-refractivity contribution in [3.8, 4) is 22.9 Å². The van der Waals surface area contributed by atoms with Gasteiger partial charge in [-0.05, 0) is 48.5 Å². The number of benzene rings is 1. The van der Waals surface area contributed by atoms with Crippen LogP contribution in [-0.4, -0.2) is 33.6 Å². The van der Waals surface area contributed by atoms with Gasteiger partial charge in [-0.3, -0.25) is 4.98 Å². The van der Waals surface area contributed by atoms with Gasteiger partial charge in [0.25, 0.3) is 0 Å². The zero-order valence-corrected chi connectivity index (χ0v) is 17.4. The minimum Gasteiger partial charge on any atom is -0.493 e. The topological polar surface area (TPSA) is 77.0 Å². The first-order chi connectivity index (χ1) is 13.1. The Kier molecular flexibility index (Phi) is 6.46. The number of hydrogen-bond donors (Lipinski definition) is 2. The van der Waals surface area contributed by atoms with E-state index >= 15 is 0 Å². The van der Waals surface area contributed by atoms with E-state index in [2.05, 4.69) is 43.5 Å². The van der Waals surface area contributed by atoms with E-state index in [1.54, 1.807) is 24.2 Å². The number of ether oxygens (including phenoxy) is 2. The van der Waals surface area contributed by atoms with Crippen molar-refractivity contribution in [2.45, 2.75) is 19.9 Å². The number of rotatable bonds is 8. The summed E-state index contributed by atoms with van der Waals surface area (Å²) in [6.45, 7) is 3.21. The Balaban J connectivity index is 1.84. The highest BCUT2D eigenvalue weighted by atomic mass is 79.9. The molecule has 9 heteroatoms. The number of nitrogens with one attached hydrogen (secondary N) is 2. The van der Waals surface area contributed by atoms with Gasteiger partial charge in [0, 0.05) is 22.4 Å². The molecule has 2 aromatic heterocycles. The molecule has 2 heterocycles. The molecule has 0 saturated carbocycles. The van der Waals surface area contributed by atoms with Crippen LogP contribution in [0.25, 0.3) is 11.4 Å². The molecule has 27 heavy (non-hydrogen) atoms. The Hall–Kier alpha value is -2.39. The van der Waals surface area contributed by atoms with Crippen molar-refractivity contribution in [2.24, 2.45) is 0 Å². The van der Waals surface area contributed by atoms with Crippen molar-refractivity contribution in [1.82, 2.24) is 19.9 Å². The van der Waals surface area contributed by atoms with E-state index in [9.17, 15) is 0 Å². The van der Waals surface area contributed by atoms with Crippen molar-refractivity contribution in [1.29, 1.82) is 0 Å². The highest BCUT2D eigenvalue weighted by Gasteiger charge is 2.12. The lowest BCUT2D eigenvalue weighted by Gasteiger charge is -2.15. The zero-order valence-electron chi connectivity index (χ0n) is 15.0. The van der Waals surface area contributed by atoms with Crippen molar-refractivity contribution < 1.29 is 9.47 Å². The molecule has 0 aliphatic carbocycles. The van der Waals surface area contributed by atoms with Crippen LogP contribution in [0, 0.1) is 4.77 Å². The maximum absolute atomic E-state index is 5.74. The fourth-order valence-corrected chi connectivity index (χ4v) is 3.16. The van der Waals surface area contributed by atoms with Gasteiger partial charge >= 0.3 is 0 Å². The summed E-state index contributed by atoms with van der Waals surface area (Å²) in [7, 11) is 1.63.